The first kappa shape index (κ1) is 28.9. The number of para-hydroxylation sites is 1. The number of thiazole rings is 1. The van der Waals surface area contributed by atoms with E-state index in [1.165, 1.54) is 0 Å². The highest BCUT2D eigenvalue weighted by Crippen LogP contribution is 2.31. The summed E-state index contributed by atoms with van der Waals surface area (Å²) in [5.74, 6) is -0.427. The first-order chi connectivity index (χ1) is 22.0. The molecule has 0 saturated carbocycles. The molecule has 2 atom stereocenters. The molecule has 0 aliphatic carbocycles. The van der Waals surface area contributed by atoms with Crippen molar-refractivity contribution in [2.45, 2.75) is 38.0 Å². The van der Waals surface area contributed by atoms with Gasteiger partial charge in [-0.25, -0.2) is 15.0 Å². The average Bonchev–Trinajstić information content (AvgIpc) is 3.73. The summed E-state index contributed by atoms with van der Waals surface area (Å²) in [6, 6.07) is 21.0. The molecule has 2 saturated heterocycles. The van der Waals surface area contributed by atoms with Gasteiger partial charge in [0.15, 0.2) is 0 Å². The van der Waals surface area contributed by atoms with Crippen LogP contribution in [0.1, 0.15) is 23.1 Å². The van der Waals surface area contributed by atoms with E-state index in [2.05, 4.69) is 21.8 Å². The molecule has 0 radical (unpaired) electrons. The maximum absolute atomic E-state index is 14.4. The zero-order valence-electron chi connectivity index (χ0n) is 24.7. The van der Waals surface area contributed by atoms with E-state index in [0.717, 1.165) is 37.8 Å². The van der Waals surface area contributed by atoms with Crippen molar-refractivity contribution in [1.82, 2.24) is 35.0 Å². The van der Waals surface area contributed by atoms with Crippen LogP contribution in [0, 0.1) is 0 Å². The lowest BCUT2D eigenvalue weighted by Crippen LogP contribution is -2.75. The van der Waals surface area contributed by atoms with E-state index < -0.39 is 12.2 Å². The van der Waals surface area contributed by atoms with Gasteiger partial charge in [0.25, 0.3) is 0 Å². The topological polar surface area (TPSA) is 106 Å². The van der Waals surface area contributed by atoms with Crippen LogP contribution in [0.3, 0.4) is 0 Å². The fourth-order valence-corrected chi connectivity index (χ4v) is 7.26. The molecule has 0 bridgehead atoms. The second-order valence-electron chi connectivity index (χ2n) is 11.5. The third-order valence-corrected chi connectivity index (χ3v) is 9.43. The van der Waals surface area contributed by atoms with Crippen LogP contribution < -0.4 is 0 Å². The Morgan fingerprint density at radius 1 is 1.07 bits per heavy atom. The van der Waals surface area contributed by atoms with Crippen LogP contribution in [0.4, 0.5) is 0 Å². The Bertz CT molecular complexity index is 1890. The van der Waals surface area contributed by atoms with E-state index in [1.807, 2.05) is 72.2 Å². The predicted molar refractivity (Wildman–Crippen MR) is 173 cm³/mol. The Morgan fingerprint density at radius 2 is 1.93 bits per heavy atom. The highest BCUT2D eigenvalue weighted by atomic mass is 32.1. The lowest BCUT2D eigenvalue weighted by Gasteiger charge is -2.55. The molecule has 7 rings (SSSR count). The molecule has 1 N–H and O–H groups in total. The van der Waals surface area contributed by atoms with E-state index in [0.29, 0.717) is 25.9 Å². The van der Waals surface area contributed by atoms with Crippen molar-refractivity contribution in [2.75, 3.05) is 19.6 Å². The molecule has 2 aromatic heterocycles. The Kier molecular flexibility index (Phi) is 7.86. The molecular formula is C34H33N7O3S. The summed E-state index contributed by atoms with van der Waals surface area (Å²) in [5.41, 5.74) is 6.48. The van der Waals surface area contributed by atoms with Gasteiger partial charge in [-0.2, -0.15) is 5.10 Å². The number of nitrogens with zero attached hydrogens (tertiary/aromatic N) is 6. The lowest BCUT2D eigenvalue weighted by atomic mass is 9.97. The number of hydrazine groups is 1. The van der Waals surface area contributed by atoms with Crippen LogP contribution >= 0.6 is 11.3 Å². The Labute approximate surface area is 264 Å². The normalized spacial score (nSPS) is 19.0. The van der Waals surface area contributed by atoms with E-state index in [1.54, 1.807) is 43.4 Å². The monoisotopic (exact) mass is 619 g/mol. The number of nitrogens with one attached hydrogen (secondary N) is 1. The molecule has 5 aromatic rings. The molecular weight excluding hydrogens is 586 g/mol. The van der Waals surface area contributed by atoms with Crippen molar-refractivity contribution in [3.05, 3.63) is 108 Å². The molecule has 0 spiro atoms. The van der Waals surface area contributed by atoms with Gasteiger partial charge in [0.2, 0.25) is 17.7 Å². The number of benzene rings is 3. The zero-order chi connectivity index (χ0) is 30.9. The Morgan fingerprint density at radius 3 is 2.78 bits per heavy atom. The zero-order valence-corrected chi connectivity index (χ0v) is 25.5. The van der Waals surface area contributed by atoms with Crippen molar-refractivity contribution < 1.29 is 14.4 Å². The van der Waals surface area contributed by atoms with E-state index >= 15 is 0 Å². The molecule has 4 heterocycles. The number of amides is 3. The minimum Gasteiger partial charge on any atom is -0.332 e. The number of hydrogen-bond acceptors (Lipinski definition) is 7. The smallest absolute Gasteiger partial charge is 0.246 e. The fraction of sp³-hybridized carbons (Fsp3) is 0.265. The van der Waals surface area contributed by atoms with Gasteiger partial charge in [-0.05, 0) is 41.3 Å². The second-order valence-corrected chi connectivity index (χ2v) is 12.4. The summed E-state index contributed by atoms with van der Waals surface area (Å²) in [7, 11) is 0. The molecule has 2 fully saturated rings. The van der Waals surface area contributed by atoms with Gasteiger partial charge in [0.1, 0.15) is 12.2 Å². The highest BCUT2D eigenvalue weighted by molar-refractivity contribution is 7.16. The second kappa shape index (κ2) is 12.3. The molecule has 10 nitrogen and oxygen atoms in total. The maximum atomic E-state index is 14.4. The molecule has 3 aromatic carbocycles. The van der Waals surface area contributed by atoms with Crippen LogP contribution in [-0.2, 0) is 33.8 Å². The van der Waals surface area contributed by atoms with Crippen molar-refractivity contribution in [3.8, 4) is 0 Å². The lowest BCUT2D eigenvalue weighted by molar-refractivity contribution is -0.205. The average molecular weight is 620 g/mol. The largest absolute Gasteiger partial charge is 0.332 e. The highest BCUT2D eigenvalue weighted by Gasteiger charge is 2.51. The third-order valence-electron chi connectivity index (χ3n) is 8.63. The van der Waals surface area contributed by atoms with Crippen molar-refractivity contribution in [1.29, 1.82) is 0 Å². The third kappa shape index (κ3) is 5.60. The predicted octanol–water partition coefficient (Wildman–Crippen LogP) is 4.16. The summed E-state index contributed by atoms with van der Waals surface area (Å²) >= 11 is 1.56. The van der Waals surface area contributed by atoms with Gasteiger partial charge in [-0.15, -0.1) is 17.9 Å². The molecule has 2 aliphatic rings. The summed E-state index contributed by atoms with van der Waals surface area (Å²) in [6.45, 7) is 4.72. The Hall–Kier alpha value is -4.87. The number of aryl methyl sites for hydroxylation is 1. The number of carbonyl (C=O) groups is 3. The fourth-order valence-electron chi connectivity index (χ4n) is 6.54. The quantitative estimate of drug-likeness (QED) is 0.249. The van der Waals surface area contributed by atoms with Gasteiger partial charge in [-0.1, -0.05) is 54.6 Å². The van der Waals surface area contributed by atoms with Crippen molar-refractivity contribution in [2.24, 2.45) is 0 Å². The number of carbonyl (C=O) groups excluding carboxylic acids is 3. The number of aromatic amines is 1. The van der Waals surface area contributed by atoms with Crippen LogP contribution in [0.2, 0.25) is 0 Å². The number of aromatic nitrogens is 3. The van der Waals surface area contributed by atoms with Gasteiger partial charge in [0, 0.05) is 31.3 Å². The number of hydrogen-bond donors (Lipinski definition) is 1. The van der Waals surface area contributed by atoms with Crippen molar-refractivity contribution >= 4 is 50.2 Å². The molecule has 3 amide bonds. The first-order valence-corrected chi connectivity index (χ1v) is 15.9. The van der Waals surface area contributed by atoms with Crippen molar-refractivity contribution in [3.63, 3.8) is 0 Å². The number of fused-ring (bicyclic) bond motifs is 3. The SMILES string of the molecule is C=CCN1CC(=O)N2[C@@H](Cc3ccc4[nH]ncc4c3)C(=O)N(Cc3cccc4scnc34)C[C@@H]2N1C(=O)CCc1ccccc1. The first-order valence-electron chi connectivity index (χ1n) is 15.0. The van der Waals surface area contributed by atoms with Gasteiger partial charge >= 0.3 is 0 Å². The summed E-state index contributed by atoms with van der Waals surface area (Å²) in [4.78, 5) is 50.4. The molecule has 0 unspecified atom stereocenters. The minimum atomic E-state index is -0.787. The summed E-state index contributed by atoms with van der Waals surface area (Å²) in [6.07, 6.45) is 3.94. The van der Waals surface area contributed by atoms with Gasteiger partial charge < -0.3 is 9.80 Å². The Balaban J connectivity index is 1.25. The van der Waals surface area contributed by atoms with Crippen LogP contribution in [0.5, 0.6) is 0 Å². The van der Waals surface area contributed by atoms with Crippen LogP contribution in [0.25, 0.3) is 21.1 Å². The van der Waals surface area contributed by atoms with E-state index in [4.69, 9.17) is 0 Å². The molecule has 2 aliphatic heterocycles. The van der Waals surface area contributed by atoms with Gasteiger partial charge in [-0.3, -0.25) is 19.5 Å². The van der Waals surface area contributed by atoms with Crippen LogP contribution in [0.15, 0.2) is 91.1 Å². The molecule has 11 heteroatoms. The maximum Gasteiger partial charge on any atom is 0.246 e. The number of piperazine rings is 1. The van der Waals surface area contributed by atoms with Gasteiger partial charge in [0.05, 0.1) is 40.5 Å². The molecule has 45 heavy (non-hydrogen) atoms. The standard InChI is InChI=1S/C34H33N7O3S/c1-2-15-39-21-32(43)40-28(17-24-11-13-27-26(16-24)18-36-37-27)34(44)38(19-25-9-6-10-29-33(25)35-22-45-29)20-30(40)41(39)31(42)14-12-23-7-4-3-5-8-23/h2-11,13,16,18,22,28,30H,1,12,14-15,17,19-21H2,(H,36,37)/t28-,30-/m0/s1. The van der Waals surface area contributed by atoms with E-state index in [-0.39, 0.29) is 37.2 Å². The van der Waals surface area contributed by atoms with Crippen LogP contribution in [-0.4, -0.2) is 84.6 Å². The summed E-state index contributed by atoms with van der Waals surface area (Å²) in [5, 5.41) is 11.5. The molecule has 228 valence electrons. The minimum absolute atomic E-state index is 0.0116. The summed E-state index contributed by atoms with van der Waals surface area (Å²) < 4.78 is 1.05. The number of H-pyrrole nitrogens is 1. The van der Waals surface area contributed by atoms with E-state index in [9.17, 15) is 14.4 Å². The number of rotatable bonds is 9.